The van der Waals surface area contributed by atoms with Crippen molar-refractivity contribution in [2.24, 2.45) is 0 Å². The standard InChI is InChI=1S/C25H25Cl2N3O6S4/c1-3-16(11-24-29(9-4-10-40(34,35)36)19-13-17(26)5-7-21(19)37-24)12-25-30(15-23(31)28-39(2,32)33)20-14-18(27)6-8-22(20)38-25/h5-8,11-14H,3-4,9-10,15H2,1-2H3,(H-,28,31,34,35,36)/p+1. The van der Waals surface area contributed by atoms with Crippen molar-refractivity contribution in [3.05, 3.63) is 68.1 Å². The Morgan fingerprint density at radius 1 is 1.12 bits per heavy atom. The van der Waals surface area contributed by atoms with Gasteiger partial charge in [0.1, 0.15) is 4.70 Å². The molecule has 0 spiro atoms. The molecule has 0 fully saturated rings. The zero-order valence-electron chi connectivity index (χ0n) is 21.4. The number of nitrogens with zero attached hydrogens (tertiary/aromatic N) is 2. The largest absolute Gasteiger partial charge is 0.335 e. The van der Waals surface area contributed by atoms with Crippen molar-refractivity contribution in [3.63, 3.8) is 0 Å². The molecule has 40 heavy (non-hydrogen) atoms. The van der Waals surface area contributed by atoms with Gasteiger partial charge in [0, 0.05) is 33.6 Å². The van der Waals surface area contributed by atoms with Crippen molar-refractivity contribution >= 4 is 94.3 Å². The third-order valence-electron chi connectivity index (χ3n) is 5.80. The van der Waals surface area contributed by atoms with Crippen LogP contribution in [0, 0.1) is 0 Å². The number of halogens is 2. The molecule has 0 radical (unpaired) electrons. The second-order valence-electron chi connectivity index (χ2n) is 9.00. The van der Waals surface area contributed by atoms with Gasteiger partial charge in [0.2, 0.25) is 22.1 Å². The normalized spacial score (nSPS) is 15.2. The molecule has 2 N–H and O–H groups in total. The molecular formula is C25H26Cl2N3O6S4+. The number of amides is 1. The van der Waals surface area contributed by atoms with Gasteiger partial charge in [-0.2, -0.15) is 13.0 Å². The topological polar surface area (TPSA) is 125 Å². The minimum atomic E-state index is -4.10. The molecule has 1 aromatic heterocycles. The van der Waals surface area contributed by atoms with Crippen molar-refractivity contribution < 1.29 is 30.7 Å². The van der Waals surface area contributed by atoms with Crippen LogP contribution >= 0.6 is 46.3 Å². The molecule has 9 nitrogen and oxygen atoms in total. The van der Waals surface area contributed by atoms with Gasteiger partial charge in [0.05, 0.1) is 22.7 Å². The maximum Gasteiger partial charge on any atom is 0.299 e. The van der Waals surface area contributed by atoms with E-state index in [1.54, 1.807) is 22.8 Å². The van der Waals surface area contributed by atoms with Crippen molar-refractivity contribution in [2.45, 2.75) is 31.2 Å². The fourth-order valence-corrected chi connectivity index (χ4v) is 7.68. The number of nitrogens with one attached hydrogen (secondary N) is 1. The van der Waals surface area contributed by atoms with E-state index < -0.39 is 26.0 Å². The van der Waals surface area contributed by atoms with E-state index in [1.165, 1.54) is 23.1 Å². The van der Waals surface area contributed by atoms with Crippen molar-refractivity contribution in [2.75, 3.05) is 23.5 Å². The van der Waals surface area contributed by atoms with Crippen LogP contribution in [0.2, 0.25) is 10.0 Å². The second kappa shape index (κ2) is 12.4. The Balaban J connectivity index is 1.74. The van der Waals surface area contributed by atoms with Crippen LogP contribution in [0.3, 0.4) is 0 Å². The number of benzene rings is 2. The molecule has 1 aliphatic rings. The molecule has 0 saturated carbocycles. The molecule has 1 aliphatic heterocycles. The summed E-state index contributed by atoms with van der Waals surface area (Å²) < 4.78 is 59.7. The first-order chi connectivity index (χ1) is 18.7. The van der Waals surface area contributed by atoms with Gasteiger partial charge >= 0.3 is 0 Å². The molecule has 4 rings (SSSR count). The Bertz CT molecular complexity index is 1750. The van der Waals surface area contributed by atoms with Crippen molar-refractivity contribution in [1.29, 1.82) is 0 Å². The zero-order chi connectivity index (χ0) is 29.2. The number of carbonyl (C=O) groups is 1. The first-order valence-electron chi connectivity index (χ1n) is 12.0. The Labute approximate surface area is 251 Å². The first-order valence-corrected chi connectivity index (χ1v) is 17.9. The highest BCUT2D eigenvalue weighted by atomic mass is 35.5. The van der Waals surface area contributed by atoms with Crippen molar-refractivity contribution in [3.8, 4) is 0 Å². The first kappa shape index (κ1) is 30.8. The van der Waals surface area contributed by atoms with Gasteiger partial charge in [-0.1, -0.05) is 53.2 Å². The number of allylic oxidation sites excluding steroid dienone is 2. The van der Waals surface area contributed by atoms with Crippen LogP contribution in [0.1, 0.15) is 24.8 Å². The van der Waals surface area contributed by atoms with Gasteiger partial charge in [-0.3, -0.25) is 9.35 Å². The second-order valence-corrected chi connectivity index (χ2v) is 15.3. The number of hydrogen-bond donors (Lipinski definition) is 2. The number of hydrogen-bond acceptors (Lipinski definition) is 8. The lowest BCUT2D eigenvalue weighted by atomic mass is 10.2. The summed E-state index contributed by atoms with van der Waals surface area (Å²) in [5.41, 5.74) is 2.45. The highest BCUT2D eigenvalue weighted by molar-refractivity contribution is 8.03. The summed E-state index contributed by atoms with van der Waals surface area (Å²) in [6.45, 7) is 2.10. The van der Waals surface area contributed by atoms with Crippen molar-refractivity contribution in [1.82, 2.24) is 4.72 Å². The van der Waals surface area contributed by atoms with E-state index in [0.717, 1.165) is 37.1 Å². The van der Waals surface area contributed by atoms with Crippen LogP contribution < -0.4 is 14.2 Å². The van der Waals surface area contributed by atoms with Crippen LogP contribution in [0.4, 0.5) is 5.69 Å². The molecule has 3 aromatic rings. The Kier molecular flexibility index (Phi) is 9.55. The van der Waals surface area contributed by atoms with E-state index in [2.05, 4.69) is 0 Å². The number of carbonyl (C=O) groups excluding carboxylic acids is 1. The summed E-state index contributed by atoms with van der Waals surface area (Å²) in [4.78, 5) is 15.5. The summed E-state index contributed by atoms with van der Waals surface area (Å²) in [6, 6.07) is 10.8. The van der Waals surface area contributed by atoms with E-state index in [1.807, 2.05) is 46.9 Å². The van der Waals surface area contributed by atoms with Crippen LogP contribution in [0.15, 0.2) is 58.0 Å². The number of rotatable bonds is 10. The molecule has 1 amide bonds. The summed E-state index contributed by atoms with van der Waals surface area (Å²) in [5.74, 6) is -1.05. The molecule has 0 atom stereocenters. The van der Waals surface area contributed by atoms with Crippen LogP contribution in [-0.4, -0.2) is 45.8 Å². The lowest BCUT2D eigenvalue weighted by Gasteiger charge is -2.20. The minimum Gasteiger partial charge on any atom is -0.335 e. The number of anilines is 1. The molecule has 214 valence electrons. The molecule has 2 aromatic carbocycles. The van der Waals surface area contributed by atoms with Crippen LogP contribution in [0.25, 0.3) is 16.3 Å². The Morgan fingerprint density at radius 2 is 1.82 bits per heavy atom. The molecule has 15 heteroatoms. The van der Waals surface area contributed by atoms with Crippen LogP contribution in [0.5, 0.6) is 0 Å². The van der Waals surface area contributed by atoms with Crippen LogP contribution in [-0.2, 0) is 31.5 Å². The smallest absolute Gasteiger partial charge is 0.299 e. The molecular weight excluding hydrogens is 637 g/mol. The maximum absolute atomic E-state index is 12.6. The molecule has 0 saturated heterocycles. The Hall–Kier alpha value is -2.13. The van der Waals surface area contributed by atoms with E-state index in [9.17, 15) is 26.2 Å². The van der Waals surface area contributed by atoms with Gasteiger partial charge in [0.25, 0.3) is 21.0 Å². The quantitative estimate of drug-likeness (QED) is 0.227. The molecule has 0 aliphatic carbocycles. The lowest BCUT2D eigenvalue weighted by molar-refractivity contribution is -0.655. The highest BCUT2D eigenvalue weighted by Crippen LogP contribution is 2.47. The number of aromatic nitrogens is 1. The predicted molar refractivity (Wildman–Crippen MR) is 162 cm³/mol. The Morgan fingerprint density at radius 3 is 2.50 bits per heavy atom. The maximum atomic E-state index is 12.6. The number of sulfonamides is 1. The van der Waals surface area contributed by atoms with E-state index in [4.69, 9.17) is 23.2 Å². The zero-order valence-corrected chi connectivity index (χ0v) is 26.2. The van der Waals surface area contributed by atoms with Gasteiger partial charge in [0.15, 0.2) is 0 Å². The third-order valence-corrected chi connectivity index (χ3v) is 9.89. The predicted octanol–water partition coefficient (Wildman–Crippen LogP) is 5.10. The molecule has 0 unspecified atom stereocenters. The number of thioether (sulfide) groups is 1. The summed E-state index contributed by atoms with van der Waals surface area (Å²) >= 11 is 15.4. The fourth-order valence-electron chi connectivity index (χ4n) is 4.11. The summed E-state index contributed by atoms with van der Waals surface area (Å²) in [6.07, 6.45) is 5.69. The van der Waals surface area contributed by atoms with E-state index in [0.29, 0.717) is 28.5 Å². The number of thiazole rings is 1. The molecule has 0 bridgehead atoms. The third kappa shape index (κ3) is 7.99. The average molecular weight is 664 g/mol. The van der Waals surface area contributed by atoms with Gasteiger partial charge < -0.3 is 4.90 Å². The van der Waals surface area contributed by atoms with E-state index in [-0.39, 0.29) is 18.7 Å². The average Bonchev–Trinajstić information content (AvgIpc) is 3.33. The fraction of sp³-hybridized carbons (Fsp3) is 0.280. The monoisotopic (exact) mass is 662 g/mol. The SMILES string of the molecule is CCC(=Cc1sc2ccc(Cl)cc2[n+]1CC(=O)NS(C)(=O)=O)C=C1Sc2ccc(Cl)cc2N1CCCS(=O)(=O)O. The number of fused-ring (bicyclic) bond motifs is 2. The van der Waals surface area contributed by atoms with E-state index >= 15 is 0 Å². The summed E-state index contributed by atoms with van der Waals surface area (Å²) in [5, 5.41) is 2.60. The lowest BCUT2D eigenvalue weighted by Crippen LogP contribution is -2.45. The van der Waals surface area contributed by atoms with Gasteiger partial charge in [-0.25, -0.2) is 13.1 Å². The highest BCUT2D eigenvalue weighted by Gasteiger charge is 2.27. The minimum absolute atomic E-state index is 0.209. The molecule has 2 heterocycles. The van der Waals surface area contributed by atoms with Gasteiger partial charge in [-0.05, 0) is 54.8 Å². The van der Waals surface area contributed by atoms with Gasteiger partial charge in [-0.15, -0.1) is 0 Å². The summed E-state index contributed by atoms with van der Waals surface area (Å²) in [7, 11) is -7.83.